The maximum Gasteiger partial charge on any atom is 0.0931 e. The summed E-state index contributed by atoms with van der Waals surface area (Å²) < 4.78 is 0. The molecule has 0 aliphatic carbocycles. The summed E-state index contributed by atoms with van der Waals surface area (Å²) >= 11 is 0. The van der Waals surface area contributed by atoms with Crippen molar-refractivity contribution in [1.82, 2.24) is 9.97 Å². The Morgan fingerprint density at radius 3 is 2.80 bits per heavy atom. The fourth-order valence-electron chi connectivity index (χ4n) is 0.880. The first kappa shape index (κ1) is 7.99. The van der Waals surface area contributed by atoms with Gasteiger partial charge >= 0.3 is 0 Å². The van der Waals surface area contributed by atoms with Gasteiger partial charge in [0.1, 0.15) is 0 Å². The number of imidazole rings is 1. The second kappa shape index (κ2) is 3.33. The molecule has 0 fully saturated rings. The van der Waals surface area contributed by atoms with Crippen LogP contribution < -0.4 is 0 Å². The van der Waals surface area contributed by atoms with Crippen LogP contribution in [0.3, 0.4) is 0 Å². The van der Waals surface area contributed by atoms with Crippen molar-refractivity contribution in [3.05, 3.63) is 30.6 Å². The normalized spacial score (nSPS) is 9.20. The number of nitrogens with one attached hydrogen (secondary N) is 1. The molecule has 0 aliphatic heterocycles. The molecule has 1 aromatic carbocycles. The Bertz CT molecular complexity index is 286. The van der Waals surface area contributed by atoms with E-state index in [1.807, 2.05) is 24.3 Å². The third kappa shape index (κ3) is 1.31. The average Bonchev–Trinajstić information content (AvgIpc) is 2.33. The molecule has 0 unspecified atom stereocenters. The predicted octanol–water partition coefficient (Wildman–Crippen LogP) is 1.56. The Labute approximate surface area is 86.6 Å². The molecule has 1 aromatic heterocycles. The van der Waals surface area contributed by atoms with Gasteiger partial charge < -0.3 is 4.98 Å². The Kier molecular flexibility index (Phi) is 2.66. The van der Waals surface area contributed by atoms with Crippen LogP contribution in [-0.2, 0) is 0 Å². The largest absolute Gasteiger partial charge is 0.345 e. The van der Waals surface area contributed by atoms with Gasteiger partial charge in [-0.2, -0.15) is 0 Å². The second-order valence-corrected chi connectivity index (χ2v) is 1.92. The van der Waals surface area contributed by atoms with Gasteiger partial charge in [0.25, 0.3) is 0 Å². The molecule has 0 atom stereocenters. The van der Waals surface area contributed by atoms with Crippen LogP contribution in [0.15, 0.2) is 30.6 Å². The minimum Gasteiger partial charge on any atom is -0.345 e. The molecule has 1 N–H and O–H groups in total. The number of hydrogen-bond donors (Lipinski definition) is 1. The zero-order chi connectivity index (χ0) is 6.10. The van der Waals surface area contributed by atoms with Gasteiger partial charge in [-0.1, -0.05) is 12.1 Å². The fraction of sp³-hybridized carbons (Fsp3) is 0. The number of para-hydroxylation sites is 2. The summed E-state index contributed by atoms with van der Waals surface area (Å²) in [5.41, 5.74) is 2.12. The summed E-state index contributed by atoms with van der Waals surface area (Å²) in [7, 11) is 0. The van der Waals surface area contributed by atoms with Gasteiger partial charge in [0.15, 0.2) is 0 Å². The molecule has 0 aliphatic rings. The van der Waals surface area contributed by atoms with Crippen molar-refractivity contribution in [3.8, 4) is 0 Å². The molecule has 2 nitrogen and oxygen atoms in total. The molecular weight excluding hydrogens is 251 g/mol. The molecule has 10 heavy (non-hydrogen) atoms. The molecule has 3 heteroatoms. The Balaban J connectivity index is 0.000000500. The van der Waals surface area contributed by atoms with Crippen LogP contribution in [0, 0.1) is 35.6 Å². The molecule has 0 saturated carbocycles. The molecule has 0 spiro atoms. The SMILES string of the molecule is [La].c1ccc2[nH]cnc2c1. The first-order chi connectivity index (χ1) is 4.47. The summed E-state index contributed by atoms with van der Waals surface area (Å²) in [5, 5.41) is 0. The number of H-pyrrole nitrogens is 1. The van der Waals surface area contributed by atoms with Gasteiger partial charge in [-0.3, -0.25) is 0 Å². The van der Waals surface area contributed by atoms with E-state index in [-0.39, 0.29) is 35.6 Å². The van der Waals surface area contributed by atoms with E-state index in [4.69, 9.17) is 0 Å². The molecular formula is C7H6LaN2. The fourth-order valence-corrected chi connectivity index (χ4v) is 0.880. The van der Waals surface area contributed by atoms with Crippen molar-refractivity contribution in [2.24, 2.45) is 0 Å². The summed E-state index contributed by atoms with van der Waals surface area (Å²) in [6, 6.07) is 7.94. The molecule has 1 radical (unpaired) electrons. The minimum absolute atomic E-state index is 0. The van der Waals surface area contributed by atoms with E-state index in [1.165, 1.54) is 0 Å². The van der Waals surface area contributed by atoms with Gasteiger partial charge in [-0.15, -0.1) is 0 Å². The van der Waals surface area contributed by atoms with Crippen LogP contribution >= 0.6 is 0 Å². The minimum atomic E-state index is 0. The number of nitrogens with zero attached hydrogens (tertiary/aromatic N) is 1. The van der Waals surface area contributed by atoms with Crippen molar-refractivity contribution in [2.75, 3.05) is 0 Å². The van der Waals surface area contributed by atoms with E-state index in [9.17, 15) is 0 Å². The number of fused-ring (bicyclic) bond motifs is 1. The van der Waals surface area contributed by atoms with Crippen LogP contribution in [0.2, 0.25) is 0 Å². The number of rotatable bonds is 0. The van der Waals surface area contributed by atoms with Crippen LogP contribution in [0.4, 0.5) is 0 Å². The van der Waals surface area contributed by atoms with Crippen molar-refractivity contribution in [2.45, 2.75) is 0 Å². The average molecular weight is 257 g/mol. The Hall–Kier alpha value is -0.115. The predicted molar refractivity (Wildman–Crippen MR) is 36.1 cm³/mol. The Morgan fingerprint density at radius 1 is 1.20 bits per heavy atom. The second-order valence-electron chi connectivity index (χ2n) is 1.92. The van der Waals surface area contributed by atoms with E-state index in [1.54, 1.807) is 6.33 Å². The smallest absolute Gasteiger partial charge is 0.0931 e. The summed E-state index contributed by atoms with van der Waals surface area (Å²) in [6.07, 6.45) is 1.70. The molecule has 1 heterocycles. The first-order valence-corrected chi connectivity index (χ1v) is 2.85. The third-order valence-electron chi connectivity index (χ3n) is 1.33. The molecule has 0 amide bonds. The number of hydrogen-bond acceptors (Lipinski definition) is 1. The van der Waals surface area contributed by atoms with Gasteiger partial charge in [0.05, 0.1) is 17.4 Å². The number of aromatic amines is 1. The van der Waals surface area contributed by atoms with Crippen molar-refractivity contribution in [1.29, 1.82) is 0 Å². The number of aromatic nitrogens is 2. The quantitative estimate of drug-likeness (QED) is 0.762. The molecule has 0 bridgehead atoms. The molecule has 47 valence electrons. The summed E-state index contributed by atoms with van der Waals surface area (Å²) in [6.45, 7) is 0. The van der Waals surface area contributed by atoms with Gasteiger partial charge in [0, 0.05) is 35.6 Å². The van der Waals surface area contributed by atoms with Crippen LogP contribution in [0.25, 0.3) is 11.0 Å². The van der Waals surface area contributed by atoms with Crippen molar-refractivity contribution >= 4 is 11.0 Å². The summed E-state index contributed by atoms with van der Waals surface area (Å²) in [5.74, 6) is 0. The maximum absolute atomic E-state index is 4.06. The summed E-state index contributed by atoms with van der Waals surface area (Å²) in [4.78, 5) is 7.07. The van der Waals surface area contributed by atoms with E-state index in [0.29, 0.717) is 0 Å². The van der Waals surface area contributed by atoms with Crippen LogP contribution in [0.5, 0.6) is 0 Å². The van der Waals surface area contributed by atoms with E-state index >= 15 is 0 Å². The topological polar surface area (TPSA) is 28.7 Å². The molecule has 2 rings (SSSR count). The third-order valence-corrected chi connectivity index (χ3v) is 1.33. The zero-order valence-electron chi connectivity index (χ0n) is 5.41. The van der Waals surface area contributed by atoms with E-state index < -0.39 is 0 Å². The zero-order valence-corrected chi connectivity index (χ0v) is 9.04. The van der Waals surface area contributed by atoms with Crippen LogP contribution in [-0.4, -0.2) is 9.97 Å². The molecule has 0 saturated heterocycles. The van der Waals surface area contributed by atoms with Crippen molar-refractivity contribution in [3.63, 3.8) is 0 Å². The maximum atomic E-state index is 4.06. The van der Waals surface area contributed by atoms with E-state index in [0.717, 1.165) is 11.0 Å². The number of benzene rings is 1. The van der Waals surface area contributed by atoms with E-state index in [2.05, 4.69) is 9.97 Å². The van der Waals surface area contributed by atoms with Crippen LogP contribution in [0.1, 0.15) is 0 Å². The van der Waals surface area contributed by atoms with Gasteiger partial charge in [-0.25, -0.2) is 4.98 Å². The monoisotopic (exact) mass is 257 g/mol. The van der Waals surface area contributed by atoms with Crippen molar-refractivity contribution < 1.29 is 35.6 Å². The standard InChI is InChI=1S/C7H6N2.La/c1-2-4-7-6(3-1)8-5-9-7;/h1-5H,(H,8,9);. The molecule has 2 aromatic rings. The van der Waals surface area contributed by atoms with Gasteiger partial charge in [-0.05, 0) is 12.1 Å². The van der Waals surface area contributed by atoms with Gasteiger partial charge in [0.2, 0.25) is 0 Å². The Morgan fingerprint density at radius 2 is 2.00 bits per heavy atom. The first-order valence-electron chi connectivity index (χ1n) is 2.85.